The van der Waals surface area contributed by atoms with Gasteiger partial charge in [0.15, 0.2) is 5.82 Å². The van der Waals surface area contributed by atoms with E-state index in [1.165, 1.54) is 23.7 Å². The largest absolute Gasteiger partial charge is 0.378 e. The number of rotatable bonds is 5. The zero-order valence-corrected chi connectivity index (χ0v) is 20.2. The Kier molecular flexibility index (Phi) is 6.62. The minimum absolute atomic E-state index is 0.104. The molecular weight excluding hydrogens is 481 g/mol. The first-order valence-corrected chi connectivity index (χ1v) is 12.1. The lowest BCUT2D eigenvalue weighted by Gasteiger charge is -2.27. The number of aryl methyl sites for hydroxylation is 1. The molecule has 1 aliphatic rings. The number of halogens is 1. The van der Waals surface area contributed by atoms with Crippen LogP contribution >= 0.6 is 11.3 Å². The Morgan fingerprint density at radius 1 is 1.19 bits per heavy atom. The molecule has 0 unspecified atom stereocenters. The van der Waals surface area contributed by atoms with Gasteiger partial charge in [0.2, 0.25) is 0 Å². The zero-order chi connectivity index (χ0) is 25.1. The quantitative estimate of drug-likeness (QED) is 0.353. The van der Waals surface area contributed by atoms with Crippen LogP contribution in [-0.2, 0) is 4.74 Å². The van der Waals surface area contributed by atoms with E-state index < -0.39 is 11.8 Å². The fourth-order valence-corrected chi connectivity index (χ4v) is 5.27. The number of nitrogens with zero attached hydrogens (tertiary/aromatic N) is 4. The molecule has 1 saturated heterocycles. The number of morpholine rings is 1. The molecule has 36 heavy (non-hydrogen) atoms. The van der Waals surface area contributed by atoms with Crippen LogP contribution in [0.3, 0.4) is 0 Å². The molecular formula is C25H22FN7O2S. The number of thiophene rings is 1. The molecule has 182 valence electrons. The Hall–Kier alpha value is -4.27. The van der Waals surface area contributed by atoms with Crippen LogP contribution in [0, 0.1) is 24.1 Å². The number of carbonyl (C=O) groups excluding carboxylic acids is 1. The van der Waals surface area contributed by atoms with Crippen LogP contribution < -0.4 is 15.5 Å². The maximum atomic E-state index is 14.0. The Morgan fingerprint density at radius 2 is 1.97 bits per heavy atom. The standard InChI is InChI=1S/C25H22FN7O2S/c1-15-2-7-19(26)20(12-15)31-25(34)30-17-5-3-16(4-6-17)21-18(13-27)24(33-8-10-35-11-9-33)36-22(21)23-28-14-29-32-23/h2-7,12,14H,8-11H2,1H3,(H,28,29,32)(H2,30,31,34). The van der Waals surface area contributed by atoms with Crippen molar-refractivity contribution >= 4 is 33.7 Å². The molecule has 2 amide bonds. The van der Waals surface area contributed by atoms with Crippen molar-refractivity contribution in [2.24, 2.45) is 0 Å². The van der Waals surface area contributed by atoms with Gasteiger partial charge in [-0.25, -0.2) is 14.2 Å². The second-order valence-electron chi connectivity index (χ2n) is 8.16. The molecule has 0 bridgehead atoms. The lowest BCUT2D eigenvalue weighted by molar-refractivity contribution is 0.123. The van der Waals surface area contributed by atoms with Crippen LogP contribution in [0.2, 0.25) is 0 Å². The number of nitrogens with one attached hydrogen (secondary N) is 3. The van der Waals surface area contributed by atoms with Gasteiger partial charge < -0.3 is 20.3 Å². The highest BCUT2D eigenvalue weighted by molar-refractivity contribution is 7.20. The minimum Gasteiger partial charge on any atom is -0.378 e. The van der Waals surface area contributed by atoms with E-state index in [1.807, 2.05) is 19.1 Å². The third-order valence-electron chi connectivity index (χ3n) is 5.72. The fraction of sp³-hybridized carbons (Fsp3) is 0.200. The highest BCUT2D eigenvalue weighted by atomic mass is 32.1. The molecule has 0 aliphatic carbocycles. The number of aromatic nitrogens is 3. The average molecular weight is 504 g/mol. The van der Waals surface area contributed by atoms with Gasteiger partial charge in [-0.1, -0.05) is 18.2 Å². The maximum absolute atomic E-state index is 14.0. The molecule has 3 N–H and O–H groups in total. The summed E-state index contributed by atoms with van der Waals surface area (Å²) in [4.78, 5) is 19.7. The van der Waals surface area contributed by atoms with Gasteiger partial charge in [-0.3, -0.25) is 5.10 Å². The predicted octanol–water partition coefficient (Wildman–Crippen LogP) is 5.00. The van der Waals surface area contributed by atoms with Crippen LogP contribution in [0.5, 0.6) is 0 Å². The molecule has 2 aromatic heterocycles. The van der Waals surface area contributed by atoms with Gasteiger partial charge in [-0.15, -0.1) is 11.3 Å². The van der Waals surface area contributed by atoms with Crippen LogP contribution in [0.25, 0.3) is 21.8 Å². The van der Waals surface area contributed by atoms with Gasteiger partial charge in [-0.05, 0) is 42.3 Å². The molecule has 4 aromatic rings. The SMILES string of the molecule is Cc1ccc(F)c(NC(=O)Nc2ccc(-c3c(-c4nc[nH]n4)sc(N4CCOCC4)c3C#N)cc2)c1. The molecule has 0 atom stereocenters. The maximum Gasteiger partial charge on any atom is 0.323 e. The Morgan fingerprint density at radius 3 is 2.67 bits per heavy atom. The number of benzene rings is 2. The number of H-pyrrole nitrogens is 1. The van der Waals surface area contributed by atoms with E-state index in [-0.39, 0.29) is 5.69 Å². The second kappa shape index (κ2) is 10.2. The number of hydrogen-bond acceptors (Lipinski definition) is 7. The second-order valence-corrected chi connectivity index (χ2v) is 9.16. The molecule has 2 aromatic carbocycles. The van der Waals surface area contributed by atoms with E-state index in [2.05, 4.69) is 36.8 Å². The summed E-state index contributed by atoms with van der Waals surface area (Å²) in [6.07, 6.45) is 1.50. The molecule has 0 saturated carbocycles. The summed E-state index contributed by atoms with van der Waals surface area (Å²) >= 11 is 1.48. The van der Waals surface area contributed by atoms with Gasteiger partial charge in [0, 0.05) is 24.3 Å². The van der Waals surface area contributed by atoms with Crippen LogP contribution in [0.15, 0.2) is 48.8 Å². The predicted molar refractivity (Wildman–Crippen MR) is 137 cm³/mol. The van der Waals surface area contributed by atoms with Crippen molar-refractivity contribution in [1.82, 2.24) is 15.2 Å². The molecule has 3 heterocycles. The van der Waals surface area contributed by atoms with Crippen molar-refractivity contribution in [3.63, 3.8) is 0 Å². The molecule has 5 rings (SSSR count). The van der Waals surface area contributed by atoms with Crippen molar-refractivity contribution in [2.45, 2.75) is 6.92 Å². The van der Waals surface area contributed by atoms with Gasteiger partial charge in [0.1, 0.15) is 23.2 Å². The summed E-state index contributed by atoms with van der Waals surface area (Å²) in [5.41, 5.74) is 3.53. The molecule has 0 spiro atoms. The molecule has 9 nitrogen and oxygen atoms in total. The van der Waals surface area contributed by atoms with Crippen LogP contribution in [0.1, 0.15) is 11.1 Å². The first-order valence-electron chi connectivity index (χ1n) is 11.2. The minimum atomic E-state index is -0.559. The molecule has 11 heteroatoms. The van der Waals surface area contributed by atoms with E-state index in [4.69, 9.17) is 4.74 Å². The van der Waals surface area contributed by atoms with Crippen LogP contribution in [-0.4, -0.2) is 47.5 Å². The van der Waals surface area contributed by atoms with Crippen molar-refractivity contribution in [1.29, 1.82) is 5.26 Å². The normalized spacial score (nSPS) is 13.3. The number of anilines is 3. The number of hydrogen-bond donors (Lipinski definition) is 3. The number of carbonyl (C=O) groups is 1. The van der Waals surface area contributed by atoms with Gasteiger partial charge in [-0.2, -0.15) is 10.4 Å². The van der Waals surface area contributed by atoms with Crippen molar-refractivity contribution in [3.05, 3.63) is 65.7 Å². The third kappa shape index (κ3) is 4.77. The highest BCUT2D eigenvalue weighted by Gasteiger charge is 2.26. The number of nitriles is 1. The van der Waals surface area contributed by atoms with E-state index in [0.717, 1.165) is 26.6 Å². The topological polar surface area (TPSA) is 119 Å². The summed E-state index contributed by atoms with van der Waals surface area (Å²) in [6.45, 7) is 4.41. The smallest absolute Gasteiger partial charge is 0.323 e. The summed E-state index contributed by atoms with van der Waals surface area (Å²) in [5.74, 6) is -0.00376. The van der Waals surface area contributed by atoms with E-state index >= 15 is 0 Å². The number of ether oxygens (including phenoxy) is 1. The number of amides is 2. The third-order valence-corrected chi connectivity index (χ3v) is 6.97. The Labute approximate surface area is 210 Å². The number of urea groups is 1. The summed E-state index contributed by atoms with van der Waals surface area (Å²) in [7, 11) is 0. The van der Waals surface area contributed by atoms with Gasteiger partial charge in [0.05, 0.1) is 29.3 Å². The van der Waals surface area contributed by atoms with E-state index in [0.29, 0.717) is 43.4 Å². The van der Waals surface area contributed by atoms with Gasteiger partial charge in [0.25, 0.3) is 0 Å². The summed E-state index contributed by atoms with van der Waals surface area (Å²) in [6, 6.07) is 13.4. The molecule has 0 radical (unpaired) electrons. The highest BCUT2D eigenvalue weighted by Crippen LogP contribution is 2.46. The number of aromatic amines is 1. The zero-order valence-electron chi connectivity index (χ0n) is 19.3. The first-order chi connectivity index (χ1) is 17.5. The van der Waals surface area contributed by atoms with E-state index in [9.17, 15) is 14.4 Å². The first kappa shape index (κ1) is 23.5. The summed E-state index contributed by atoms with van der Waals surface area (Å²) in [5, 5.41) is 23.2. The molecule has 1 aliphatic heterocycles. The molecule has 1 fully saturated rings. The van der Waals surface area contributed by atoms with E-state index in [1.54, 1.807) is 24.3 Å². The lowest BCUT2D eigenvalue weighted by Crippen LogP contribution is -2.36. The lowest BCUT2D eigenvalue weighted by atomic mass is 10.0. The van der Waals surface area contributed by atoms with Crippen molar-refractivity contribution in [2.75, 3.05) is 41.8 Å². The van der Waals surface area contributed by atoms with Gasteiger partial charge >= 0.3 is 6.03 Å². The fourth-order valence-electron chi connectivity index (χ4n) is 4.00. The average Bonchev–Trinajstić information content (AvgIpc) is 3.55. The van der Waals surface area contributed by atoms with Crippen molar-refractivity contribution < 1.29 is 13.9 Å². The van der Waals surface area contributed by atoms with Crippen LogP contribution in [0.4, 0.5) is 25.6 Å². The summed E-state index contributed by atoms with van der Waals surface area (Å²) < 4.78 is 19.5. The monoisotopic (exact) mass is 503 g/mol. The Balaban J connectivity index is 1.43. The Bertz CT molecular complexity index is 1420. The van der Waals surface area contributed by atoms with Crippen molar-refractivity contribution in [3.8, 4) is 27.9 Å².